The summed E-state index contributed by atoms with van der Waals surface area (Å²) in [5.74, 6) is 1.16. The van der Waals surface area contributed by atoms with Gasteiger partial charge in [-0.25, -0.2) is 0 Å². The molecule has 1 aliphatic heterocycles. The van der Waals surface area contributed by atoms with E-state index >= 15 is 0 Å². The molecule has 0 fully saturated rings. The van der Waals surface area contributed by atoms with Crippen molar-refractivity contribution < 1.29 is 9.66 Å². The number of rotatable bonds is 1. The van der Waals surface area contributed by atoms with Crippen LogP contribution in [0.4, 0.5) is 11.4 Å². The van der Waals surface area contributed by atoms with E-state index in [2.05, 4.69) is 5.32 Å². The fraction of sp³-hybridized carbons (Fsp3) is 0.111. The lowest BCUT2D eigenvalue weighted by Crippen LogP contribution is -2.19. The van der Waals surface area contributed by atoms with Gasteiger partial charge in [0, 0.05) is 0 Å². The molecule has 16 heavy (non-hydrogen) atoms. The van der Waals surface area contributed by atoms with Gasteiger partial charge in [-0.3, -0.25) is 10.1 Å². The van der Waals surface area contributed by atoms with Crippen molar-refractivity contribution >= 4 is 23.0 Å². The van der Waals surface area contributed by atoms with Crippen molar-refractivity contribution in [1.29, 1.82) is 0 Å². The number of allylic oxidation sites excluding steroid dienone is 1. The van der Waals surface area contributed by atoms with Crippen LogP contribution in [0.25, 0.3) is 0 Å². The zero-order valence-corrected chi connectivity index (χ0v) is 9.04. The summed E-state index contributed by atoms with van der Waals surface area (Å²) in [6, 6.07) is 2.68. The lowest BCUT2D eigenvalue weighted by atomic mass is 10.2. The van der Waals surface area contributed by atoms with E-state index in [9.17, 15) is 10.1 Å². The minimum absolute atomic E-state index is 0.0344. The monoisotopic (exact) mass is 241 g/mol. The fourth-order valence-electron chi connectivity index (χ4n) is 1.32. The Kier molecular flexibility index (Phi) is 2.35. The average Bonchev–Trinajstić information content (AvgIpc) is 2.19. The smallest absolute Gasteiger partial charge is 0.291 e. The molecular formula is C9H8ClN3O3. The van der Waals surface area contributed by atoms with Crippen molar-refractivity contribution in [3.63, 3.8) is 0 Å². The van der Waals surface area contributed by atoms with Crippen molar-refractivity contribution in [3.8, 4) is 5.75 Å². The third-order valence-corrected chi connectivity index (χ3v) is 2.46. The van der Waals surface area contributed by atoms with E-state index in [0.717, 1.165) is 0 Å². The highest BCUT2D eigenvalue weighted by molar-refractivity contribution is 6.33. The van der Waals surface area contributed by atoms with Crippen molar-refractivity contribution in [2.24, 2.45) is 5.73 Å². The number of nitro groups is 1. The second-order valence-electron chi connectivity index (χ2n) is 3.25. The molecule has 1 aromatic rings. The Balaban J connectivity index is 2.51. The highest BCUT2D eigenvalue weighted by Gasteiger charge is 2.21. The van der Waals surface area contributed by atoms with Crippen LogP contribution in [0, 0.1) is 10.1 Å². The molecule has 0 bridgehead atoms. The average molecular weight is 242 g/mol. The number of halogens is 1. The summed E-state index contributed by atoms with van der Waals surface area (Å²) in [6.07, 6.45) is 0. The number of fused-ring (bicyclic) bond motifs is 1. The van der Waals surface area contributed by atoms with Gasteiger partial charge in [-0.05, 0) is 13.0 Å². The van der Waals surface area contributed by atoms with Gasteiger partial charge in [-0.15, -0.1) is 0 Å². The number of hydrogen-bond donors (Lipinski definition) is 2. The highest BCUT2D eigenvalue weighted by Crippen LogP contribution is 2.39. The molecule has 2 rings (SSSR count). The van der Waals surface area contributed by atoms with Crippen LogP contribution in [-0.2, 0) is 0 Å². The standard InChI is InChI=1S/C9H8ClN3O3/c1-4-9(11)12-6-2-5(10)7(13(14)15)3-8(6)16-4/h2-3,12H,11H2,1H3. The Morgan fingerprint density at radius 3 is 2.88 bits per heavy atom. The Bertz CT molecular complexity index is 513. The van der Waals surface area contributed by atoms with E-state index < -0.39 is 4.92 Å². The normalized spacial score (nSPS) is 13.9. The topological polar surface area (TPSA) is 90.4 Å². The number of hydrogen-bond acceptors (Lipinski definition) is 5. The first-order chi connectivity index (χ1) is 7.49. The molecular weight excluding hydrogens is 234 g/mol. The maximum Gasteiger partial charge on any atom is 0.291 e. The van der Waals surface area contributed by atoms with Crippen LogP contribution in [-0.4, -0.2) is 4.92 Å². The molecule has 1 heterocycles. The molecule has 0 atom stereocenters. The number of anilines is 1. The van der Waals surface area contributed by atoms with Crippen molar-refractivity contribution in [2.45, 2.75) is 6.92 Å². The third kappa shape index (κ3) is 1.63. The molecule has 84 valence electrons. The Hall–Kier alpha value is -1.95. The molecule has 3 N–H and O–H groups in total. The van der Waals surface area contributed by atoms with E-state index in [1.54, 1.807) is 6.92 Å². The van der Waals surface area contributed by atoms with Gasteiger partial charge >= 0.3 is 0 Å². The number of benzene rings is 1. The molecule has 0 spiro atoms. The van der Waals surface area contributed by atoms with Gasteiger partial charge in [0.2, 0.25) is 0 Å². The minimum atomic E-state index is -0.566. The summed E-state index contributed by atoms with van der Waals surface area (Å²) >= 11 is 5.75. The Morgan fingerprint density at radius 1 is 1.56 bits per heavy atom. The van der Waals surface area contributed by atoms with Gasteiger partial charge in [-0.1, -0.05) is 11.6 Å². The maximum atomic E-state index is 10.7. The van der Waals surface area contributed by atoms with Crippen molar-refractivity contribution in [2.75, 3.05) is 5.32 Å². The summed E-state index contributed by atoms with van der Waals surface area (Å²) in [7, 11) is 0. The van der Waals surface area contributed by atoms with Crippen LogP contribution < -0.4 is 15.8 Å². The molecule has 6 nitrogen and oxygen atoms in total. The van der Waals surface area contributed by atoms with Crippen LogP contribution in [0.3, 0.4) is 0 Å². The van der Waals surface area contributed by atoms with E-state index in [1.807, 2.05) is 0 Å². The van der Waals surface area contributed by atoms with Crippen LogP contribution in [0.5, 0.6) is 5.75 Å². The van der Waals surface area contributed by atoms with Crippen molar-refractivity contribution in [3.05, 3.63) is 38.8 Å². The summed E-state index contributed by atoms with van der Waals surface area (Å²) in [5.41, 5.74) is 5.92. The first-order valence-electron chi connectivity index (χ1n) is 4.38. The molecule has 1 aliphatic rings. The quantitative estimate of drug-likeness (QED) is 0.581. The van der Waals surface area contributed by atoms with E-state index in [4.69, 9.17) is 22.1 Å². The van der Waals surface area contributed by atoms with Crippen LogP contribution in [0.15, 0.2) is 23.7 Å². The van der Waals surface area contributed by atoms with Gasteiger partial charge in [0.05, 0.1) is 16.7 Å². The lowest BCUT2D eigenvalue weighted by Gasteiger charge is -2.20. The number of ether oxygens (including phenoxy) is 1. The summed E-state index contributed by atoms with van der Waals surface area (Å²) in [6.45, 7) is 1.66. The second kappa shape index (κ2) is 3.57. The molecule has 0 aliphatic carbocycles. The van der Waals surface area contributed by atoms with Crippen LogP contribution >= 0.6 is 11.6 Å². The van der Waals surface area contributed by atoms with E-state index in [1.165, 1.54) is 12.1 Å². The van der Waals surface area contributed by atoms with Crippen LogP contribution in [0.2, 0.25) is 5.02 Å². The number of nitro benzene ring substituents is 1. The summed E-state index contributed by atoms with van der Waals surface area (Å²) in [4.78, 5) is 10.1. The van der Waals surface area contributed by atoms with Crippen molar-refractivity contribution in [1.82, 2.24) is 0 Å². The highest BCUT2D eigenvalue weighted by atomic mass is 35.5. The van der Waals surface area contributed by atoms with Crippen LogP contribution in [0.1, 0.15) is 6.92 Å². The first kappa shape index (κ1) is 10.6. The second-order valence-corrected chi connectivity index (χ2v) is 3.66. The predicted octanol–water partition coefficient (Wildman–Crippen LogP) is 2.20. The molecule has 1 aromatic carbocycles. The Labute approximate surface area is 95.8 Å². The molecule has 0 saturated heterocycles. The number of nitrogens with two attached hydrogens (primary N) is 1. The van der Waals surface area contributed by atoms with Gasteiger partial charge < -0.3 is 15.8 Å². The predicted molar refractivity (Wildman–Crippen MR) is 59.2 cm³/mol. The zero-order valence-electron chi connectivity index (χ0n) is 8.28. The first-order valence-corrected chi connectivity index (χ1v) is 4.76. The molecule has 0 amide bonds. The summed E-state index contributed by atoms with van der Waals surface area (Å²) in [5, 5.41) is 13.5. The maximum absolute atomic E-state index is 10.7. The molecule has 0 saturated carbocycles. The summed E-state index contributed by atoms with van der Waals surface area (Å²) < 4.78 is 5.32. The van der Waals surface area contributed by atoms with E-state index in [-0.39, 0.29) is 10.7 Å². The molecule has 7 heteroatoms. The molecule has 0 aromatic heterocycles. The van der Waals surface area contributed by atoms with Gasteiger partial charge in [0.1, 0.15) is 16.6 Å². The third-order valence-electron chi connectivity index (χ3n) is 2.16. The number of nitrogens with zero attached hydrogens (tertiary/aromatic N) is 1. The van der Waals surface area contributed by atoms with Gasteiger partial charge in [-0.2, -0.15) is 0 Å². The SMILES string of the molecule is CC1=C(N)Nc2cc(Cl)c([N+](=O)[O-])cc2O1. The minimum Gasteiger partial charge on any atom is -0.456 e. The van der Waals surface area contributed by atoms with Gasteiger partial charge in [0.15, 0.2) is 5.75 Å². The fourth-order valence-corrected chi connectivity index (χ4v) is 1.55. The number of nitrogens with one attached hydrogen (secondary N) is 1. The lowest BCUT2D eigenvalue weighted by molar-refractivity contribution is -0.384. The largest absolute Gasteiger partial charge is 0.456 e. The molecule has 0 radical (unpaired) electrons. The molecule has 0 unspecified atom stereocenters. The zero-order chi connectivity index (χ0) is 11.9. The van der Waals surface area contributed by atoms with E-state index in [0.29, 0.717) is 23.0 Å². The van der Waals surface area contributed by atoms with Gasteiger partial charge in [0.25, 0.3) is 5.69 Å². The Morgan fingerprint density at radius 2 is 2.25 bits per heavy atom.